The number of carbonyl (C=O) groups is 1. The number of hydrogen-bond donors (Lipinski definition) is 1. The molecule has 1 heterocycles. The zero-order chi connectivity index (χ0) is 16.9. The van der Waals surface area contributed by atoms with E-state index in [0.29, 0.717) is 6.42 Å². The zero-order valence-electron chi connectivity index (χ0n) is 14.5. The lowest BCUT2D eigenvalue weighted by Gasteiger charge is -2.24. The molecule has 128 valence electrons. The first-order chi connectivity index (χ1) is 11.6. The minimum atomic E-state index is -0.0303. The molecule has 1 aromatic carbocycles. The van der Waals surface area contributed by atoms with Crippen LogP contribution in [0.3, 0.4) is 0 Å². The molecular formula is C19H26N4O. The van der Waals surface area contributed by atoms with Crippen LogP contribution in [0.2, 0.25) is 0 Å². The smallest absolute Gasteiger partial charge is 0.223 e. The molecule has 1 aliphatic rings. The van der Waals surface area contributed by atoms with Crippen LogP contribution in [0.25, 0.3) is 0 Å². The first-order valence-corrected chi connectivity index (χ1v) is 8.63. The summed E-state index contributed by atoms with van der Waals surface area (Å²) < 4.78 is 0. The molecule has 1 saturated carbocycles. The predicted octanol–water partition coefficient (Wildman–Crippen LogP) is 2.48. The number of benzene rings is 1. The van der Waals surface area contributed by atoms with Gasteiger partial charge in [-0.05, 0) is 25.5 Å². The van der Waals surface area contributed by atoms with Gasteiger partial charge in [-0.1, -0.05) is 30.3 Å². The Kier molecular flexibility index (Phi) is 5.30. The second kappa shape index (κ2) is 7.62. The molecule has 1 N–H and O–H groups in total. The number of amides is 1. The molecule has 0 bridgehead atoms. The topological polar surface area (TPSA) is 52.2 Å². The van der Waals surface area contributed by atoms with Gasteiger partial charge in [0.25, 0.3) is 0 Å². The molecule has 1 aromatic heterocycles. The van der Waals surface area contributed by atoms with Gasteiger partial charge in [-0.2, -0.15) is 0 Å². The second-order valence-electron chi connectivity index (χ2n) is 6.67. The van der Waals surface area contributed by atoms with Crippen LogP contribution >= 0.6 is 0 Å². The number of H-pyrrole nitrogens is 1. The number of likely N-dealkylation sites (N-methyl/N-ethyl adjacent to an activating group) is 2. The quantitative estimate of drug-likeness (QED) is 0.811. The van der Waals surface area contributed by atoms with Crippen molar-refractivity contribution in [1.82, 2.24) is 19.8 Å². The number of aromatic nitrogens is 2. The van der Waals surface area contributed by atoms with E-state index in [1.54, 1.807) is 6.20 Å². The van der Waals surface area contributed by atoms with Gasteiger partial charge >= 0.3 is 0 Å². The molecule has 5 heteroatoms. The minimum Gasteiger partial charge on any atom is -0.348 e. The van der Waals surface area contributed by atoms with Crippen molar-refractivity contribution in [2.75, 3.05) is 27.2 Å². The van der Waals surface area contributed by atoms with Crippen molar-refractivity contribution in [3.8, 4) is 0 Å². The molecule has 0 saturated heterocycles. The average Bonchev–Trinajstić information content (AvgIpc) is 3.33. The SMILES string of the molecule is CN(CCN(C)C1CC1)C(=O)CC(c1ccccc1)c1ncc[nH]1. The maximum Gasteiger partial charge on any atom is 0.223 e. The summed E-state index contributed by atoms with van der Waals surface area (Å²) in [5.74, 6) is 0.972. The van der Waals surface area contributed by atoms with Crippen molar-refractivity contribution < 1.29 is 4.79 Å². The van der Waals surface area contributed by atoms with E-state index in [4.69, 9.17) is 0 Å². The molecule has 1 aliphatic carbocycles. The number of hydrogen-bond acceptors (Lipinski definition) is 3. The van der Waals surface area contributed by atoms with Crippen molar-refractivity contribution in [3.05, 3.63) is 54.1 Å². The lowest BCUT2D eigenvalue weighted by atomic mass is 9.94. The van der Waals surface area contributed by atoms with Crippen molar-refractivity contribution >= 4 is 5.91 Å². The largest absolute Gasteiger partial charge is 0.348 e. The summed E-state index contributed by atoms with van der Waals surface area (Å²) in [6.45, 7) is 1.70. The van der Waals surface area contributed by atoms with Crippen LogP contribution in [0.1, 0.15) is 36.6 Å². The number of rotatable bonds is 8. The highest BCUT2D eigenvalue weighted by molar-refractivity contribution is 5.77. The highest BCUT2D eigenvalue weighted by Gasteiger charge is 2.27. The fourth-order valence-corrected chi connectivity index (χ4v) is 2.99. The Balaban J connectivity index is 1.62. The standard InChI is InChI=1S/C19H26N4O/c1-22(16-8-9-16)12-13-23(2)18(24)14-17(19-20-10-11-21-19)15-6-4-3-5-7-15/h3-7,10-11,16-17H,8-9,12-14H2,1-2H3,(H,20,21). The molecule has 3 rings (SSSR count). The Labute approximate surface area is 143 Å². The fourth-order valence-electron chi connectivity index (χ4n) is 2.99. The number of carbonyl (C=O) groups excluding carboxylic acids is 1. The second-order valence-corrected chi connectivity index (χ2v) is 6.67. The summed E-state index contributed by atoms with van der Waals surface area (Å²) >= 11 is 0. The average molecular weight is 326 g/mol. The van der Waals surface area contributed by atoms with Crippen molar-refractivity contribution in [2.45, 2.75) is 31.2 Å². The Bertz CT molecular complexity index is 637. The van der Waals surface area contributed by atoms with Gasteiger partial charge in [-0.15, -0.1) is 0 Å². The van der Waals surface area contributed by atoms with Gasteiger partial charge in [0.2, 0.25) is 5.91 Å². The first-order valence-electron chi connectivity index (χ1n) is 8.63. The molecule has 0 aliphatic heterocycles. The van der Waals surface area contributed by atoms with Gasteiger partial charge < -0.3 is 14.8 Å². The molecule has 2 aromatic rings. The third-order valence-corrected chi connectivity index (χ3v) is 4.81. The van der Waals surface area contributed by atoms with Crippen LogP contribution in [0.4, 0.5) is 0 Å². The number of nitrogens with one attached hydrogen (secondary N) is 1. The normalized spacial score (nSPS) is 15.5. The maximum absolute atomic E-state index is 12.7. The monoisotopic (exact) mass is 326 g/mol. The highest BCUT2D eigenvalue weighted by atomic mass is 16.2. The summed E-state index contributed by atoms with van der Waals surface area (Å²) in [4.78, 5) is 24.4. The van der Waals surface area contributed by atoms with Crippen LogP contribution in [-0.2, 0) is 4.79 Å². The lowest BCUT2D eigenvalue weighted by molar-refractivity contribution is -0.130. The van der Waals surface area contributed by atoms with Gasteiger partial charge in [0.05, 0.1) is 5.92 Å². The summed E-state index contributed by atoms with van der Waals surface area (Å²) in [6, 6.07) is 10.8. The summed E-state index contributed by atoms with van der Waals surface area (Å²) in [7, 11) is 4.04. The highest BCUT2D eigenvalue weighted by Crippen LogP contribution is 2.26. The van der Waals surface area contributed by atoms with Crippen molar-refractivity contribution in [1.29, 1.82) is 0 Å². The van der Waals surface area contributed by atoms with Crippen molar-refractivity contribution in [2.24, 2.45) is 0 Å². The van der Waals surface area contributed by atoms with E-state index in [9.17, 15) is 4.79 Å². The van der Waals surface area contributed by atoms with Gasteiger partial charge in [0, 0.05) is 45.0 Å². The summed E-state index contributed by atoms with van der Waals surface area (Å²) in [5.41, 5.74) is 1.12. The molecule has 0 radical (unpaired) electrons. The lowest BCUT2D eigenvalue weighted by Crippen LogP contribution is -2.36. The van der Waals surface area contributed by atoms with Crippen molar-refractivity contribution in [3.63, 3.8) is 0 Å². The first kappa shape index (κ1) is 16.7. The van der Waals surface area contributed by atoms with Gasteiger partial charge in [-0.3, -0.25) is 4.79 Å². The molecule has 5 nitrogen and oxygen atoms in total. The molecule has 1 fully saturated rings. The Morgan fingerprint density at radius 2 is 2.00 bits per heavy atom. The van der Waals surface area contributed by atoms with E-state index in [1.807, 2.05) is 36.3 Å². The predicted molar refractivity (Wildman–Crippen MR) is 94.8 cm³/mol. The van der Waals surface area contributed by atoms with Crippen LogP contribution in [-0.4, -0.2) is 58.9 Å². The molecular weight excluding hydrogens is 300 g/mol. The molecule has 1 unspecified atom stereocenters. The third kappa shape index (κ3) is 4.23. The fraction of sp³-hybridized carbons (Fsp3) is 0.474. The maximum atomic E-state index is 12.7. The third-order valence-electron chi connectivity index (χ3n) is 4.81. The number of nitrogens with zero attached hydrogens (tertiary/aromatic N) is 3. The van der Waals surface area contributed by atoms with Crippen LogP contribution in [0, 0.1) is 0 Å². The van der Waals surface area contributed by atoms with E-state index in [1.165, 1.54) is 12.8 Å². The molecule has 1 atom stereocenters. The van der Waals surface area contributed by atoms with E-state index < -0.39 is 0 Å². The summed E-state index contributed by atoms with van der Waals surface area (Å²) in [5, 5.41) is 0. The van der Waals surface area contributed by atoms with E-state index in [-0.39, 0.29) is 11.8 Å². The van der Waals surface area contributed by atoms with Gasteiger partial charge in [-0.25, -0.2) is 4.98 Å². The van der Waals surface area contributed by atoms with Gasteiger partial charge in [0.15, 0.2) is 0 Å². The number of imidazole rings is 1. The molecule has 1 amide bonds. The summed E-state index contributed by atoms with van der Waals surface area (Å²) in [6.07, 6.45) is 6.57. The van der Waals surface area contributed by atoms with Crippen LogP contribution in [0.5, 0.6) is 0 Å². The van der Waals surface area contributed by atoms with E-state index in [0.717, 1.165) is 30.5 Å². The Hall–Kier alpha value is -2.14. The Morgan fingerprint density at radius 3 is 2.62 bits per heavy atom. The minimum absolute atomic E-state index is 0.0303. The van der Waals surface area contributed by atoms with Crippen LogP contribution in [0.15, 0.2) is 42.7 Å². The Morgan fingerprint density at radius 1 is 1.25 bits per heavy atom. The van der Waals surface area contributed by atoms with Gasteiger partial charge in [0.1, 0.15) is 5.82 Å². The van der Waals surface area contributed by atoms with E-state index in [2.05, 4.69) is 34.0 Å². The van der Waals surface area contributed by atoms with Crippen LogP contribution < -0.4 is 0 Å². The van der Waals surface area contributed by atoms with E-state index >= 15 is 0 Å². The zero-order valence-corrected chi connectivity index (χ0v) is 14.5. The number of aromatic amines is 1. The molecule has 24 heavy (non-hydrogen) atoms. The molecule has 0 spiro atoms.